The van der Waals surface area contributed by atoms with E-state index in [-0.39, 0.29) is 10.6 Å². The molecule has 1 fully saturated rings. The van der Waals surface area contributed by atoms with Crippen LogP contribution in [0.25, 0.3) is 0 Å². The molecule has 0 spiro atoms. The highest BCUT2D eigenvalue weighted by Gasteiger charge is 2.26. The molecule has 0 radical (unpaired) electrons. The predicted molar refractivity (Wildman–Crippen MR) is 106 cm³/mol. The largest absolute Gasteiger partial charge is 0.369 e. The number of carbonyl (C=O) groups excluding carboxylic acids is 1. The van der Waals surface area contributed by atoms with Crippen LogP contribution < -0.4 is 15.4 Å². The number of nitrogens with one attached hydrogen (secondary N) is 1. The molecular formula is C19H22F2N4O3S. The van der Waals surface area contributed by atoms with Gasteiger partial charge in [0.05, 0.1) is 16.6 Å². The van der Waals surface area contributed by atoms with Crippen molar-refractivity contribution in [1.29, 1.82) is 0 Å². The zero-order valence-electron chi connectivity index (χ0n) is 15.8. The van der Waals surface area contributed by atoms with Crippen LogP contribution in [0.2, 0.25) is 0 Å². The molecule has 2 aromatic carbocycles. The van der Waals surface area contributed by atoms with Gasteiger partial charge in [0.15, 0.2) is 0 Å². The first-order chi connectivity index (χ1) is 13.6. The molecule has 1 saturated heterocycles. The Balaban J connectivity index is 1.58. The van der Waals surface area contributed by atoms with Crippen LogP contribution in [0.4, 0.5) is 20.2 Å². The highest BCUT2D eigenvalue weighted by Crippen LogP contribution is 2.20. The minimum absolute atomic E-state index is 0.0507. The maximum atomic E-state index is 13.7. The number of hydrogen-bond donors (Lipinski definition) is 2. The Kier molecular flexibility index (Phi) is 6.15. The molecule has 1 aliphatic rings. The first-order valence-corrected chi connectivity index (χ1v) is 10.6. The highest BCUT2D eigenvalue weighted by atomic mass is 32.2. The lowest BCUT2D eigenvalue weighted by Gasteiger charge is -2.38. The smallest absolute Gasteiger partial charge is 0.241 e. The molecule has 156 valence electrons. The molecule has 1 heterocycles. The molecule has 2 aromatic rings. The van der Waals surface area contributed by atoms with Crippen LogP contribution in [0.1, 0.15) is 6.92 Å². The SMILES string of the molecule is CC(C(=O)Nc1cc(F)ccc1F)N1CCN(c2ccc(S(N)(=O)=O)cc2)CC1. The Bertz CT molecular complexity index is 991. The van der Waals surface area contributed by atoms with Gasteiger partial charge in [-0.1, -0.05) is 0 Å². The fourth-order valence-electron chi connectivity index (χ4n) is 3.21. The number of primary sulfonamides is 1. The van der Waals surface area contributed by atoms with Crippen molar-refractivity contribution in [3.63, 3.8) is 0 Å². The number of hydrogen-bond acceptors (Lipinski definition) is 5. The van der Waals surface area contributed by atoms with Gasteiger partial charge in [0.1, 0.15) is 11.6 Å². The average Bonchev–Trinajstić information content (AvgIpc) is 2.69. The molecule has 3 rings (SSSR count). The van der Waals surface area contributed by atoms with Crippen molar-refractivity contribution >= 4 is 27.3 Å². The lowest BCUT2D eigenvalue weighted by atomic mass is 10.2. The molecule has 7 nitrogen and oxygen atoms in total. The molecular weight excluding hydrogens is 402 g/mol. The number of nitrogens with two attached hydrogens (primary N) is 1. The number of sulfonamides is 1. The van der Waals surface area contributed by atoms with Crippen molar-refractivity contribution in [2.45, 2.75) is 17.9 Å². The Morgan fingerprint density at radius 1 is 1.07 bits per heavy atom. The molecule has 3 N–H and O–H groups in total. The number of halogens is 2. The third-order valence-electron chi connectivity index (χ3n) is 4.96. The van der Waals surface area contributed by atoms with Crippen LogP contribution in [0, 0.1) is 11.6 Å². The fraction of sp³-hybridized carbons (Fsp3) is 0.316. The second kappa shape index (κ2) is 8.44. The van der Waals surface area contributed by atoms with E-state index in [0.717, 1.165) is 23.9 Å². The summed E-state index contributed by atoms with van der Waals surface area (Å²) in [6, 6.07) is 8.68. The van der Waals surface area contributed by atoms with E-state index in [1.807, 2.05) is 4.90 Å². The number of carbonyl (C=O) groups is 1. The molecule has 0 saturated carbocycles. The van der Waals surface area contributed by atoms with Gasteiger partial charge in [0.25, 0.3) is 0 Å². The summed E-state index contributed by atoms with van der Waals surface area (Å²) in [6.45, 7) is 4.12. The number of anilines is 2. The molecule has 1 unspecified atom stereocenters. The summed E-state index contributed by atoms with van der Waals surface area (Å²) in [4.78, 5) is 16.5. The highest BCUT2D eigenvalue weighted by molar-refractivity contribution is 7.89. The summed E-state index contributed by atoms with van der Waals surface area (Å²) < 4.78 is 49.7. The van der Waals surface area contributed by atoms with Gasteiger partial charge in [0, 0.05) is 37.9 Å². The first-order valence-electron chi connectivity index (χ1n) is 9.03. The van der Waals surface area contributed by atoms with Crippen LogP contribution in [0.5, 0.6) is 0 Å². The van der Waals surface area contributed by atoms with Crippen LogP contribution in [0.3, 0.4) is 0 Å². The van der Waals surface area contributed by atoms with Gasteiger partial charge < -0.3 is 10.2 Å². The second-order valence-electron chi connectivity index (χ2n) is 6.85. The third kappa shape index (κ3) is 5.08. The van der Waals surface area contributed by atoms with E-state index < -0.39 is 33.6 Å². The van der Waals surface area contributed by atoms with E-state index >= 15 is 0 Å². The minimum Gasteiger partial charge on any atom is -0.369 e. The fourth-order valence-corrected chi connectivity index (χ4v) is 3.73. The van der Waals surface area contributed by atoms with Crippen molar-refractivity contribution < 1.29 is 22.0 Å². The van der Waals surface area contributed by atoms with Crippen LogP contribution >= 0.6 is 0 Å². The van der Waals surface area contributed by atoms with Gasteiger partial charge in [-0.3, -0.25) is 9.69 Å². The number of nitrogens with zero attached hydrogens (tertiary/aromatic N) is 2. The number of piperazine rings is 1. The summed E-state index contributed by atoms with van der Waals surface area (Å²) in [5.41, 5.74) is 0.673. The zero-order chi connectivity index (χ0) is 21.2. The van der Waals surface area contributed by atoms with Gasteiger partial charge in [-0.25, -0.2) is 22.3 Å². The quantitative estimate of drug-likeness (QED) is 0.763. The van der Waals surface area contributed by atoms with E-state index in [1.165, 1.54) is 12.1 Å². The van der Waals surface area contributed by atoms with Crippen molar-refractivity contribution in [2.24, 2.45) is 5.14 Å². The third-order valence-corrected chi connectivity index (χ3v) is 5.89. The van der Waals surface area contributed by atoms with E-state index in [2.05, 4.69) is 10.2 Å². The van der Waals surface area contributed by atoms with Crippen molar-refractivity contribution in [1.82, 2.24) is 4.90 Å². The maximum absolute atomic E-state index is 13.7. The summed E-state index contributed by atoms with van der Waals surface area (Å²) in [5, 5.41) is 7.54. The van der Waals surface area contributed by atoms with Crippen LogP contribution in [0.15, 0.2) is 47.4 Å². The van der Waals surface area contributed by atoms with Crippen molar-refractivity contribution in [3.05, 3.63) is 54.1 Å². The topological polar surface area (TPSA) is 95.7 Å². The van der Waals surface area contributed by atoms with Gasteiger partial charge in [-0.05, 0) is 43.3 Å². The van der Waals surface area contributed by atoms with E-state index in [4.69, 9.17) is 5.14 Å². The van der Waals surface area contributed by atoms with Gasteiger partial charge in [-0.15, -0.1) is 0 Å². The van der Waals surface area contributed by atoms with Crippen LogP contribution in [-0.2, 0) is 14.8 Å². The molecule has 29 heavy (non-hydrogen) atoms. The monoisotopic (exact) mass is 424 g/mol. The zero-order valence-corrected chi connectivity index (χ0v) is 16.6. The van der Waals surface area contributed by atoms with Gasteiger partial charge >= 0.3 is 0 Å². The molecule has 1 amide bonds. The molecule has 0 aliphatic carbocycles. The average molecular weight is 424 g/mol. The lowest BCUT2D eigenvalue weighted by Crippen LogP contribution is -2.52. The van der Waals surface area contributed by atoms with Gasteiger partial charge in [0.2, 0.25) is 15.9 Å². The number of benzene rings is 2. The second-order valence-corrected chi connectivity index (χ2v) is 8.41. The Morgan fingerprint density at radius 2 is 1.69 bits per heavy atom. The van der Waals surface area contributed by atoms with E-state index in [0.29, 0.717) is 26.2 Å². The lowest BCUT2D eigenvalue weighted by molar-refractivity contribution is -0.120. The molecule has 1 atom stereocenters. The normalized spacial score (nSPS) is 16.5. The summed E-state index contributed by atoms with van der Waals surface area (Å²) in [7, 11) is -3.73. The molecule has 10 heteroatoms. The summed E-state index contributed by atoms with van der Waals surface area (Å²) in [6.07, 6.45) is 0. The Hall–Kier alpha value is -2.56. The summed E-state index contributed by atoms with van der Waals surface area (Å²) >= 11 is 0. The van der Waals surface area contributed by atoms with E-state index in [1.54, 1.807) is 19.1 Å². The standard InChI is InChI=1S/C19H22F2N4O3S/c1-13(19(26)23-18-12-14(20)2-7-17(18)21)24-8-10-25(11-9-24)15-3-5-16(6-4-15)29(22,27)28/h2-7,12-13H,8-11H2,1H3,(H,23,26)(H2,22,27,28). The first kappa shape index (κ1) is 21.2. The Morgan fingerprint density at radius 3 is 2.28 bits per heavy atom. The molecule has 1 aliphatic heterocycles. The molecule has 0 bridgehead atoms. The van der Waals surface area contributed by atoms with Crippen LogP contribution in [-0.4, -0.2) is 51.4 Å². The summed E-state index contributed by atoms with van der Waals surface area (Å²) in [5.74, 6) is -1.74. The number of amides is 1. The maximum Gasteiger partial charge on any atom is 0.241 e. The van der Waals surface area contributed by atoms with Gasteiger partial charge in [-0.2, -0.15) is 0 Å². The Labute approximate surface area is 168 Å². The van der Waals surface area contributed by atoms with E-state index in [9.17, 15) is 22.0 Å². The number of rotatable bonds is 5. The van der Waals surface area contributed by atoms with Crippen molar-refractivity contribution in [2.75, 3.05) is 36.4 Å². The van der Waals surface area contributed by atoms with Crippen molar-refractivity contribution in [3.8, 4) is 0 Å². The molecule has 0 aromatic heterocycles. The minimum atomic E-state index is -3.73. The predicted octanol–water partition coefficient (Wildman–Crippen LogP) is 1.76.